The summed E-state index contributed by atoms with van der Waals surface area (Å²) in [5.41, 5.74) is 2.05. The number of piperazine rings is 1. The Kier molecular flexibility index (Phi) is 8.51. The number of benzene rings is 2. The summed E-state index contributed by atoms with van der Waals surface area (Å²) >= 11 is 0. The standard InChI is InChI=1S/C21H24FN5.HI/c1-2-24-21(25-16-18-9-8-17(15-23)14-20(18)22)27-12-10-26(11-13-27)19-6-4-3-5-7-19;/h3-9,14H,2,10-13,16H2,1H3,(H,24,25);1H. The van der Waals surface area contributed by atoms with E-state index >= 15 is 0 Å². The van der Waals surface area contributed by atoms with Gasteiger partial charge < -0.3 is 15.1 Å². The van der Waals surface area contributed by atoms with Crippen LogP contribution in [0.4, 0.5) is 10.1 Å². The lowest BCUT2D eigenvalue weighted by molar-refractivity contribution is 0.372. The maximum absolute atomic E-state index is 14.1. The van der Waals surface area contributed by atoms with Crippen LogP contribution in [-0.4, -0.2) is 43.6 Å². The predicted molar refractivity (Wildman–Crippen MR) is 122 cm³/mol. The molecule has 0 atom stereocenters. The molecule has 1 fully saturated rings. The van der Waals surface area contributed by atoms with Gasteiger partial charge in [0.2, 0.25) is 0 Å². The highest BCUT2D eigenvalue weighted by molar-refractivity contribution is 14.0. The van der Waals surface area contributed by atoms with E-state index in [0.29, 0.717) is 11.1 Å². The Hall–Kier alpha value is -2.34. The third kappa shape index (κ3) is 5.58. The van der Waals surface area contributed by atoms with Crippen molar-refractivity contribution in [1.29, 1.82) is 5.26 Å². The quantitative estimate of drug-likeness (QED) is 0.402. The van der Waals surface area contributed by atoms with Gasteiger partial charge in [0.05, 0.1) is 18.2 Å². The Morgan fingerprint density at radius 1 is 1.14 bits per heavy atom. The largest absolute Gasteiger partial charge is 0.368 e. The highest BCUT2D eigenvalue weighted by Gasteiger charge is 2.19. The number of hydrogen-bond acceptors (Lipinski definition) is 3. The molecule has 2 aromatic carbocycles. The summed E-state index contributed by atoms with van der Waals surface area (Å²) in [5, 5.41) is 12.2. The normalized spacial score (nSPS) is 14.2. The summed E-state index contributed by atoms with van der Waals surface area (Å²) in [6, 6.07) is 16.9. The highest BCUT2D eigenvalue weighted by atomic mass is 127. The van der Waals surface area contributed by atoms with Gasteiger partial charge in [0.1, 0.15) is 5.82 Å². The average molecular weight is 493 g/mol. The Morgan fingerprint density at radius 2 is 1.86 bits per heavy atom. The SMILES string of the molecule is CCNC(=NCc1ccc(C#N)cc1F)N1CCN(c2ccccc2)CC1.I. The summed E-state index contributed by atoms with van der Waals surface area (Å²) in [4.78, 5) is 9.19. The molecule has 1 saturated heterocycles. The second-order valence-electron chi connectivity index (χ2n) is 6.40. The lowest BCUT2D eigenvalue weighted by Gasteiger charge is -2.37. The maximum Gasteiger partial charge on any atom is 0.194 e. The lowest BCUT2D eigenvalue weighted by Crippen LogP contribution is -2.52. The molecule has 0 unspecified atom stereocenters. The number of halogens is 2. The van der Waals surface area contributed by atoms with Gasteiger partial charge in [-0.2, -0.15) is 5.26 Å². The molecule has 2 aromatic rings. The first-order chi connectivity index (χ1) is 13.2. The van der Waals surface area contributed by atoms with Crippen LogP contribution in [-0.2, 0) is 6.54 Å². The Morgan fingerprint density at radius 3 is 2.46 bits per heavy atom. The van der Waals surface area contributed by atoms with Crippen molar-refractivity contribution in [1.82, 2.24) is 10.2 Å². The fourth-order valence-corrected chi connectivity index (χ4v) is 3.15. The van der Waals surface area contributed by atoms with Crippen molar-refractivity contribution in [3.63, 3.8) is 0 Å². The van der Waals surface area contributed by atoms with E-state index in [1.807, 2.05) is 19.1 Å². The fourth-order valence-electron chi connectivity index (χ4n) is 3.15. The van der Waals surface area contributed by atoms with Gasteiger partial charge in [-0.1, -0.05) is 24.3 Å². The van der Waals surface area contributed by atoms with Gasteiger partial charge in [0.25, 0.3) is 0 Å². The van der Waals surface area contributed by atoms with Gasteiger partial charge >= 0.3 is 0 Å². The summed E-state index contributed by atoms with van der Waals surface area (Å²) in [7, 11) is 0. The zero-order chi connectivity index (χ0) is 19.1. The van der Waals surface area contributed by atoms with E-state index in [2.05, 4.69) is 44.4 Å². The molecule has 1 aliphatic heterocycles. The number of nitrogens with one attached hydrogen (secondary N) is 1. The number of nitriles is 1. The first-order valence-corrected chi connectivity index (χ1v) is 9.23. The summed E-state index contributed by atoms with van der Waals surface area (Å²) in [6.07, 6.45) is 0. The van der Waals surface area contributed by atoms with Crippen molar-refractivity contribution in [3.8, 4) is 6.07 Å². The molecule has 0 amide bonds. The molecule has 1 aliphatic rings. The van der Waals surface area contributed by atoms with Crippen LogP contribution in [0.5, 0.6) is 0 Å². The van der Waals surface area contributed by atoms with Crippen LogP contribution in [0, 0.1) is 17.1 Å². The first-order valence-electron chi connectivity index (χ1n) is 9.23. The molecular formula is C21H25FIN5. The van der Waals surface area contributed by atoms with Crippen molar-refractivity contribution in [3.05, 3.63) is 65.5 Å². The Bertz CT molecular complexity index is 826. The molecule has 3 rings (SSSR count). The number of aliphatic imine (C=N–C) groups is 1. The van der Waals surface area contributed by atoms with Gasteiger partial charge in [-0.05, 0) is 31.2 Å². The maximum atomic E-state index is 14.1. The van der Waals surface area contributed by atoms with Crippen LogP contribution in [0.1, 0.15) is 18.1 Å². The smallest absolute Gasteiger partial charge is 0.194 e. The fraction of sp³-hybridized carbons (Fsp3) is 0.333. The molecule has 5 nitrogen and oxygen atoms in total. The van der Waals surface area contributed by atoms with E-state index in [0.717, 1.165) is 38.7 Å². The second kappa shape index (κ2) is 10.9. The van der Waals surface area contributed by atoms with Crippen LogP contribution in [0.15, 0.2) is 53.5 Å². The molecular weight excluding hydrogens is 468 g/mol. The van der Waals surface area contributed by atoms with Gasteiger partial charge in [-0.15, -0.1) is 24.0 Å². The lowest BCUT2D eigenvalue weighted by atomic mass is 10.1. The minimum atomic E-state index is -0.387. The average Bonchev–Trinajstić information content (AvgIpc) is 2.72. The van der Waals surface area contributed by atoms with Crippen molar-refractivity contribution >= 4 is 35.6 Å². The van der Waals surface area contributed by atoms with E-state index < -0.39 is 0 Å². The molecule has 148 valence electrons. The molecule has 0 aromatic heterocycles. The highest BCUT2D eigenvalue weighted by Crippen LogP contribution is 2.16. The summed E-state index contributed by atoms with van der Waals surface area (Å²) in [6.45, 7) is 6.58. The number of para-hydroxylation sites is 1. The monoisotopic (exact) mass is 493 g/mol. The molecule has 7 heteroatoms. The molecule has 0 saturated carbocycles. The van der Waals surface area contributed by atoms with Crippen molar-refractivity contribution in [2.75, 3.05) is 37.6 Å². The number of nitrogens with zero attached hydrogens (tertiary/aromatic N) is 4. The third-order valence-electron chi connectivity index (χ3n) is 4.62. The predicted octanol–water partition coefficient (Wildman–Crippen LogP) is 3.60. The molecule has 0 bridgehead atoms. The minimum Gasteiger partial charge on any atom is -0.368 e. The van der Waals surface area contributed by atoms with Crippen LogP contribution < -0.4 is 10.2 Å². The molecule has 28 heavy (non-hydrogen) atoms. The number of anilines is 1. The second-order valence-corrected chi connectivity index (χ2v) is 6.40. The van der Waals surface area contributed by atoms with E-state index in [1.54, 1.807) is 12.1 Å². The van der Waals surface area contributed by atoms with E-state index in [9.17, 15) is 4.39 Å². The topological polar surface area (TPSA) is 54.7 Å². The molecule has 1 heterocycles. The Balaban J connectivity index is 0.00000280. The Labute approximate surface area is 182 Å². The number of hydrogen-bond donors (Lipinski definition) is 1. The van der Waals surface area contributed by atoms with Gasteiger partial charge in [0, 0.05) is 44.0 Å². The van der Waals surface area contributed by atoms with Crippen LogP contribution in [0.2, 0.25) is 0 Å². The number of rotatable bonds is 4. The van der Waals surface area contributed by atoms with Crippen LogP contribution in [0.25, 0.3) is 0 Å². The summed E-state index contributed by atoms with van der Waals surface area (Å²) < 4.78 is 14.1. The van der Waals surface area contributed by atoms with Crippen LogP contribution in [0.3, 0.4) is 0 Å². The van der Waals surface area contributed by atoms with Crippen LogP contribution >= 0.6 is 24.0 Å². The zero-order valence-corrected chi connectivity index (χ0v) is 18.3. The van der Waals surface area contributed by atoms with Crippen molar-refractivity contribution in [2.45, 2.75) is 13.5 Å². The molecule has 0 aliphatic carbocycles. The van der Waals surface area contributed by atoms with E-state index in [1.165, 1.54) is 11.8 Å². The molecule has 0 radical (unpaired) electrons. The molecule has 0 spiro atoms. The first kappa shape index (κ1) is 22.0. The van der Waals surface area contributed by atoms with Gasteiger partial charge in [-0.25, -0.2) is 9.38 Å². The number of guanidine groups is 1. The van der Waals surface area contributed by atoms with Crippen molar-refractivity contribution < 1.29 is 4.39 Å². The van der Waals surface area contributed by atoms with Crippen molar-refractivity contribution in [2.24, 2.45) is 4.99 Å². The zero-order valence-electron chi connectivity index (χ0n) is 15.9. The van der Waals surface area contributed by atoms with Gasteiger partial charge in [0.15, 0.2) is 5.96 Å². The summed E-state index contributed by atoms with van der Waals surface area (Å²) in [5.74, 6) is 0.413. The third-order valence-corrected chi connectivity index (χ3v) is 4.62. The van der Waals surface area contributed by atoms with Gasteiger partial charge in [-0.3, -0.25) is 0 Å². The van der Waals surface area contributed by atoms with E-state index in [4.69, 9.17) is 5.26 Å². The van der Waals surface area contributed by atoms with E-state index in [-0.39, 0.29) is 36.3 Å². The molecule has 1 N–H and O–H groups in total. The minimum absolute atomic E-state index is 0.